The lowest BCUT2D eigenvalue weighted by Crippen LogP contribution is -2.42. The van der Waals surface area contributed by atoms with Crippen molar-refractivity contribution in [1.29, 1.82) is 0 Å². The largest absolute Gasteiger partial charge is 0.329 e. The van der Waals surface area contributed by atoms with Crippen LogP contribution in [-0.4, -0.2) is 49.4 Å². The molecule has 1 aliphatic rings. The SMILES string of the molecule is Cc1cccnc1C(NC(=O)N1CCC(CS(C)(=O)=O)C1)C(C)C. The van der Waals surface area contributed by atoms with E-state index in [0.29, 0.717) is 13.1 Å². The second-order valence-corrected chi connectivity index (χ2v) is 9.25. The molecule has 2 heterocycles. The van der Waals surface area contributed by atoms with E-state index in [1.165, 1.54) is 6.26 Å². The molecule has 1 fully saturated rings. The van der Waals surface area contributed by atoms with E-state index in [4.69, 9.17) is 0 Å². The standard InChI is InChI=1S/C17H27N3O3S/c1-12(2)15(16-13(3)6-5-8-18-16)19-17(21)20-9-7-14(10-20)11-24(4,22)23/h5-6,8,12,14-15H,7,9-11H2,1-4H3,(H,19,21). The molecule has 1 saturated heterocycles. The number of pyridine rings is 1. The Balaban J connectivity index is 2.03. The van der Waals surface area contributed by atoms with Gasteiger partial charge in [-0.1, -0.05) is 19.9 Å². The molecule has 0 spiro atoms. The quantitative estimate of drug-likeness (QED) is 0.880. The summed E-state index contributed by atoms with van der Waals surface area (Å²) in [6.45, 7) is 7.18. The molecule has 0 aliphatic carbocycles. The van der Waals surface area contributed by atoms with Crippen molar-refractivity contribution in [3.05, 3.63) is 29.6 Å². The Hall–Kier alpha value is -1.63. The zero-order chi connectivity index (χ0) is 17.9. The van der Waals surface area contributed by atoms with Gasteiger partial charge in [0.05, 0.1) is 17.5 Å². The van der Waals surface area contributed by atoms with Gasteiger partial charge >= 0.3 is 6.03 Å². The molecule has 134 valence electrons. The van der Waals surface area contributed by atoms with Crippen molar-refractivity contribution >= 4 is 15.9 Å². The van der Waals surface area contributed by atoms with Crippen LogP contribution in [0.5, 0.6) is 0 Å². The number of hydrogen-bond donors (Lipinski definition) is 1. The zero-order valence-electron chi connectivity index (χ0n) is 14.8. The molecule has 1 aromatic heterocycles. The summed E-state index contributed by atoms with van der Waals surface area (Å²) in [5, 5.41) is 3.07. The third-order valence-electron chi connectivity index (χ3n) is 4.40. The molecule has 1 aliphatic heterocycles. The number of aryl methyl sites for hydroxylation is 1. The minimum atomic E-state index is -3.01. The number of likely N-dealkylation sites (tertiary alicyclic amines) is 1. The first-order valence-corrected chi connectivity index (χ1v) is 10.4. The predicted molar refractivity (Wildman–Crippen MR) is 94.5 cm³/mol. The highest BCUT2D eigenvalue weighted by Crippen LogP contribution is 2.24. The lowest BCUT2D eigenvalue weighted by atomic mass is 9.97. The molecule has 0 aromatic carbocycles. The van der Waals surface area contributed by atoms with Crippen LogP contribution in [0.15, 0.2) is 18.3 Å². The van der Waals surface area contributed by atoms with Crippen LogP contribution in [0.3, 0.4) is 0 Å². The number of nitrogens with one attached hydrogen (secondary N) is 1. The molecule has 1 aromatic rings. The highest BCUT2D eigenvalue weighted by molar-refractivity contribution is 7.90. The summed E-state index contributed by atoms with van der Waals surface area (Å²) in [5.41, 5.74) is 1.93. The Morgan fingerprint density at radius 2 is 2.17 bits per heavy atom. The van der Waals surface area contributed by atoms with Crippen molar-refractivity contribution in [3.63, 3.8) is 0 Å². The molecule has 2 rings (SSSR count). The Labute approximate surface area is 144 Å². The summed E-state index contributed by atoms with van der Waals surface area (Å²) in [7, 11) is -3.01. The van der Waals surface area contributed by atoms with Gasteiger partial charge in [0.15, 0.2) is 0 Å². The molecule has 0 saturated carbocycles. The molecular weight excluding hydrogens is 326 g/mol. The molecular formula is C17H27N3O3S. The summed E-state index contributed by atoms with van der Waals surface area (Å²) < 4.78 is 22.9. The van der Waals surface area contributed by atoms with Gasteiger partial charge in [-0.25, -0.2) is 13.2 Å². The Kier molecular flexibility index (Phi) is 5.85. The third kappa shape index (κ3) is 4.93. The summed E-state index contributed by atoms with van der Waals surface area (Å²) in [6, 6.07) is 3.57. The van der Waals surface area contributed by atoms with Crippen LogP contribution >= 0.6 is 0 Å². The van der Waals surface area contributed by atoms with Gasteiger partial charge in [0.2, 0.25) is 0 Å². The molecule has 24 heavy (non-hydrogen) atoms. The lowest BCUT2D eigenvalue weighted by molar-refractivity contribution is 0.199. The molecule has 0 radical (unpaired) electrons. The van der Waals surface area contributed by atoms with Crippen molar-refractivity contribution in [2.75, 3.05) is 25.1 Å². The fourth-order valence-corrected chi connectivity index (χ4v) is 4.31. The van der Waals surface area contributed by atoms with E-state index in [-0.39, 0.29) is 29.7 Å². The van der Waals surface area contributed by atoms with E-state index in [1.807, 2.05) is 19.1 Å². The van der Waals surface area contributed by atoms with Crippen LogP contribution in [0.25, 0.3) is 0 Å². The van der Waals surface area contributed by atoms with Crippen LogP contribution < -0.4 is 5.32 Å². The van der Waals surface area contributed by atoms with E-state index < -0.39 is 9.84 Å². The first-order chi connectivity index (χ1) is 11.2. The fourth-order valence-electron chi connectivity index (χ4n) is 3.18. The highest BCUT2D eigenvalue weighted by Gasteiger charge is 2.30. The van der Waals surface area contributed by atoms with Gasteiger partial charge in [0, 0.05) is 25.5 Å². The van der Waals surface area contributed by atoms with Crippen molar-refractivity contribution in [2.45, 2.75) is 33.2 Å². The summed E-state index contributed by atoms with van der Waals surface area (Å²) in [6.07, 6.45) is 3.71. The molecule has 2 unspecified atom stereocenters. The van der Waals surface area contributed by atoms with Gasteiger partial charge in [-0.3, -0.25) is 4.98 Å². The van der Waals surface area contributed by atoms with E-state index in [9.17, 15) is 13.2 Å². The van der Waals surface area contributed by atoms with Gasteiger partial charge in [-0.05, 0) is 36.8 Å². The molecule has 6 nitrogen and oxygen atoms in total. The van der Waals surface area contributed by atoms with Crippen LogP contribution in [0.4, 0.5) is 4.79 Å². The van der Waals surface area contributed by atoms with E-state index in [1.54, 1.807) is 11.1 Å². The maximum Gasteiger partial charge on any atom is 0.317 e. The van der Waals surface area contributed by atoms with Crippen molar-refractivity contribution in [3.8, 4) is 0 Å². The first-order valence-electron chi connectivity index (χ1n) is 8.32. The number of amides is 2. The monoisotopic (exact) mass is 353 g/mol. The van der Waals surface area contributed by atoms with Crippen LogP contribution in [0.2, 0.25) is 0 Å². The Bertz CT molecular complexity index is 688. The first kappa shape index (κ1) is 18.7. The minimum Gasteiger partial charge on any atom is -0.329 e. The van der Waals surface area contributed by atoms with E-state index in [2.05, 4.69) is 24.1 Å². The fraction of sp³-hybridized carbons (Fsp3) is 0.647. The van der Waals surface area contributed by atoms with E-state index in [0.717, 1.165) is 17.7 Å². The Morgan fingerprint density at radius 3 is 2.75 bits per heavy atom. The predicted octanol–water partition coefficient (Wildman–Crippen LogP) is 2.16. The summed E-state index contributed by atoms with van der Waals surface area (Å²) in [5.74, 6) is 0.376. The molecule has 7 heteroatoms. The van der Waals surface area contributed by atoms with Crippen molar-refractivity contribution in [1.82, 2.24) is 15.2 Å². The highest BCUT2D eigenvalue weighted by atomic mass is 32.2. The number of sulfone groups is 1. The maximum atomic E-state index is 12.6. The number of aromatic nitrogens is 1. The van der Waals surface area contributed by atoms with Gasteiger partial charge in [0.1, 0.15) is 9.84 Å². The molecule has 0 bridgehead atoms. The number of carbonyl (C=O) groups is 1. The summed E-state index contributed by atoms with van der Waals surface area (Å²) in [4.78, 5) is 18.7. The second-order valence-electron chi connectivity index (χ2n) is 7.07. The molecule has 2 amide bonds. The maximum absolute atomic E-state index is 12.6. The van der Waals surface area contributed by atoms with Gasteiger partial charge in [-0.15, -0.1) is 0 Å². The van der Waals surface area contributed by atoms with Gasteiger partial charge < -0.3 is 10.2 Å². The normalized spacial score (nSPS) is 19.5. The van der Waals surface area contributed by atoms with Crippen LogP contribution in [-0.2, 0) is 9.84 Å². The minimum absolute atomic E-state index is 0.0276. The van der Waals surface area contributed by atoms with E-state index >= 15 is 0 Å². The number of carbonyl (C=O) groups excluding carboxylic acids is 1. The summed E-state index contributed by atoms with van der Waals surface area (Å²) >= 11 is 0. The number of nitrogens with zero attached hydrogens (tertiary/aromatic N) is 2. The zero-order valence-corrected chi connectivity index (χ0v) is 15.6. The number of urea groups is 1. The second kappa shape index (κ2) is 7.51. The van der Waals surface area contributed by atoms with Gasteiger partial charge in [0.25, 0.3) is 0 Å². The Morgan fingerprint density at radius 1 is 1.46 bits per heavy atom. The van der Waals surface area contributed by atoms with Gasteiger partial charge in [-0.2, -0.15) is 0 Å². The van der Waals surface area contributed by atoms with Crippen LogP contribution in [0.1, 0.15) is 37.6 Å². The number of hydrogen-bond acceptors (Lipinski definition) is 4. The molecule has 1 N–H and O–H groups in total. The number of rotatable bonds is 5. The molecule has 2 atom stereocenters. The van der Waals surface area contributed by atoms with Crippen molar-refractivity contribution in [2.24, 2.45) is 11.8 Å². The average molecular weight is 353 g/mol. The topological polar surface area (TPSA) is 79.4 Å². The lowest BCUT2D eigenvalue weighted by Gasteiger charge is -2.26. The van der Waals surface area contributed by atoms with Crippen molar-refractivity contribution < 1.29 is 13.2 Å². The smallest absolute Gasteiger partial charge is 0.317 e. The van der Waals surface area contributed by atoms with Crippen LogP contribution in [0, 0.1) is 18.8 Å². The average Bonchev–Trinajstić information content (AvgIpc) is 2.91. The third-order valence-corrected chi connectivity index (χ3v) is 5.48.